The molecule has 0 aliphatic heterocycles. The lowest BCUT2D eigenvalue weighted by molar-refractivity contribution is -0.147. The Bertz CT molecular complexity index is 219. The molecule has 1 N–H and O–H groups in total. The Balaban J connectivity index is 3.81. The minimum atomic E-state index is -0.402. The number of methoxy groups -OCH3 is 1. The molecule has 0 radical (unpaired) electrons. The van der Waals surface area contributed by atoms with Crippen LogP contribution in [0.25, 0.3) is 0 Å². The molecular weight excluding hydrogens is 222 g/mol. The van der Waals surface area contributed by atoms with Crippen molar-refractivity contribution in [3.8, 4) is 0 Å². The summed E-state index contributed by atoms with van der Waals surface area (Å²) in [5.41, 5.74) is -0.195. The van der Waals surface area contributed by atoms with E-state index in [9.17, 15) is 4.79 Å². The molecule has 0 rings (SSSR count). The maximum atomic E-state index is 11.4. The van der Waals surface area contributed by atoms with Crippen molar-refractivity contribution in [3.63, 3.8) is 0 Å². The summed E-state index contributed by atoms with van der Waals surface area (Å²) in [4.78, 5) is 11.4. The number of esters is 1. The second kappa shape index (κ2) is 8.44. The van der Waals surface area contributed by atoms with E-state index >= 15 is 0 Å². The summed E-state index contributed by atoms with van der Waals surface area (Å²) in [6.07, 6.45) is 0.781. The SMILES string of the molecule is CCOC(=O)C(COCCC(C)(C)OC)NC. The lowest BCUT2D eigenvalue weighted by atomic mass is 10.1. The Labute approximate surface area is 104 Å². The van der Waals surface area contributed by atoms with Crippen molar-refractivity contribution in [2.24, 2.45) is 0 Å². The molecule has 0 aromatic carbocycles. The molecule has 1 unspecified atom stereocenters. The van der Waals surface area contributed by atoms with Gasteiger partial charge in [0.15, 0.2) is 0 Å². The topological polar surface area (TPSA) is 56.8 Å². The first-order valence-corrected chi connectivity index (χ1v) is 5.93. The molecule has 1 atom stereocenters. The molecule has 0 aromatic heterocycles. The number of rotatable bonds is 9. The Kier molecular flexibility index (Phi) is 8.12. The minimum absolute atomic E-state index is 0.195. The molecule has 0 aromatic rings. The first kappa shape index (κ1) is 16.4. The molecule has 0 saturated heterocycles. The van der Waals surface area contributed by atoms with Crippen LogP contribution in [-0.2, 0) is 19.0 Å². The standard InChI is InChI=1S/C12H25NO4/c1-6-17-11(14)10(13-4)9-16-8-7-12(2,3)15-5/h10,13H,6-9H2,1-5H3. The molecule has 102 valence electrons. The summed E-state index contributed by atoms with van der Waals surface area (Å²) >= 11 is 0. The summed E-state index contributed by atoms with van der Waals surface area (Å²) in [5, 5.41) is 2.87. The van der Waals surface area contributed by atoms with Crippen molar-refractivity contribution in [2.45, 2.75) is 38.8 Å². The van der Waals surface area contributed by atoms with Crippen molar-refractivity contribution in [1.29, 1.82) is 0 Å². The largest absolute Gasteiger partial charge is 0.465 e. The summed E-state index contributed by atoms with van der Waals surface area (Å²) in [7, 11) is 3.39. The number of carbonyl (C=O) groups is 1. The molecule has 0 heterocycles. The lowest BCUT2D eigenvalue weighted by Crippen LogP contribution is -2.40. The summed E-state index contributed by atoms with van der Waals surface area (Å²) in [6.45, 7) is 7.03. The monoisotopic (exact) mass is 247 g/mol. The number of hydrogen-bond donors (Lipinski definition) is 1. The maximum absolute atomic E-state index is 11.4. The van der Waals surface area contributed by atoms with Gasteiger partial charge in [0.2, 0.25) is 0 Å². The summed E-state index contributed by atoms with van der Waals surface area (Å²) < 4.78 is 15.6. The second-order valence-corrected chi connectivity index (χ2v) is 4.38. The Morgan fingerprint density at radius 3 is 2.53 bits per heavy atom. The Morgan fingerprint density at radius 2 is 2.06 bits per heavy atom. The smallest absolute Gasteiger partial charge is 0.325 e. The van der Waals surface area contributed by atoms with Gasteiger partial charge in [-0.3, -0.25) is 4.79 Å². The van der Waals surface area contributed by atoms with Gasteiger partial charge in [0.25, 0.3) is 0 Å². The quantitative estimate of drug-likeness (QED) is 0.486. The highest BCUT2D eigenvalue weighted by Gasteiger charge is 2.19. The minimum Gasteiger partial charge on any atom is -0.465 e. The van der Waals surface area contributed by atoms with Crippen molar-refractivity contribution in [3.05, 3.63) is 0 Å². The number of likely N-dealkylation sites (N-methyl/N-ethyl adjacent to an activating group) is 1. The van der Waals surface area contributed by atoms with Gasteiger partial charge in [0.05, 0.1) is 18.8 Å². The van der Waals surface area contributed by atoms with Crippen LogP contribution >= 0.6 is 0 Å². The third-order valence-electron chi connectivity index (χ3n) is 2.61. The fourth-order valence-corrected chi connectivity index (χ4v) is 1.13. The Morgan fingerprint density at radius 1 is 1.41 bits per heavy atom. The number of carbonyl (C=O) groups excluding carboxylic acids is 1. The predicted molar refractivity (Wildman–Crippen MR) is 66.0 cm³/mol. The van der Waals surface area contributed by atoms with Crippen LogP contribution in [0, 0.1) is 0 Å². The van der Waals surface area contributed by atoms with E-state index in [1.165, 1.54) is 0 Å². The molecule has 5 heteroatoms. The zero-order valence-corrected chi connectivity index (χ0v) is 11.5. The predicted octanol–water partition coefficient (Wildman–Crippen LogP) is 0.969. The molecule has 0 aliphatic rings. The lowest BCUT2D eigenvalue weighted by Gasteiger charge is -2.23. The van der Waals surface area contributed by atoms with Crippen LogP contribution in [0.5, 0.6) is 0 Å². The summed E-state index contributed by atoms with van der Waals surface area (Å²) in [6, 6.07) is -0.402. The third-order valence-corrected chi connectivity index (χ3v) is 2.61. The van der Waals surface area contributed by atoms with E-state index in [1.807, 2.05) is 13.8 Å². The van der Waals surface area contributed by atoms with E-state index in [1.54, 1.807) is 21.1 Å². The van der Waals surface area contributed by atoms with Gasteiger partial charge in [-0.2, -0.15) is 0 Å². The van der Waals surface area contributed by atoms with Gasteiger partial charge in [-0.05, 0) is 34.2 Å². The molecule has 0 spiro atoms. The van der Waals surface area contributed by atoms with Crippen LogP contribution in [0.4, 0.5) is 0 Å². The summed E-state index contributed by atoms with van der Waals surface area (Å²) in [5.74, 6) is -0.277. The van der Waals surface area contributed by atoms with Gasteiger partial charge in [0, 0.05) is 13.7 Å². The molecule has 17 heavy (non-hydrogen) atoms. The highest BCUT2D eigenvalue weighted by Crippen LogP contribution is 2.12. The van der Waals surface area contributed by atoms with Crippen LogP contribution in [0.15, 0.2) is 0 Å². The van der Waals surface area contributed by atoms with Gasteiger partial charge in [-0.15, -0.1) is 0 Å². The highest BCUT2D eigenvalue weighted by atomic mass is 16.5. The fourth-order valence-electron chi connectivity index (χ4n) is 1.13. The molecule has 0 amide bonds. The number of ether oxygens (including phenoxy) is 3. The second-order valence-electron chi connectivity index (χ2n) is 4.38. The number of nitrogens with one attached hydrogen (secondary N) is 1. The maximum Gasteiger partial charge on any atom is 0.325 e. The van der Waals surface area contributed by atoms with E-state index < -0.39 is 6.04 Å². The normalized spacial score (nSPS) is 13.5. The van der Waals surface area contributed by atoms with Crippen molar-refractivity contribution >= 4 is 5.97 Å². The van der Waals surface area contributed by atoms with Gasteiger partial charge >= 0.3 is 5.97 Å². The molecule has 5 nitrogen and oxygen atoms in total. The van der Waals surface area contributed by atoms with E-state index in [4.69, 9.17) is 14.2 Å². The molecule has 0 saturated carbocycles. The van der Waals surface area contributed by atoms with Crippen molar-refractivity contribution < 1.29 is 19.0 Å². The first-order chi connectivity index (χ1) is 7.96. The van der Waals surface area contributed by atoms with E-state index in [-0.39, 0.29) is 11.6 Å². The zero-order valence-electron chi connectivity index (χ0n) is 11.5. The van der Waals surface area contributed by atoms with Crippen LogP contribution in [-0.4, -0.2) is 51.6 Å². The molecule has 0 fully saturated rings. The van der Waals surface area contributed by atoms with Gasteiger partial charge in [0.1, 0.15) is 6.04 Å². The average Bonchev–Trinajstić information content (AvgIpc) is 2.29. The van der Waals surface area contributed by atoms with E-state index in [0.717, 1.165) is 6.42 Å². The highest BCUT2D eigenvalue weighted by molar-refractivity contribution is 5.75. The molecule has 0 aliphatic carbocycles. The molecular formula is C12H25NO4. The van der Waals surface area contributed by atoms with E-state index in [0.29, 0.717) is 19.8 Å². The van der Waals surface area contributed by atoms with Crippen molar-refractivity contribution in [2.75, 3.05) is 34.0 Å². The van der Waals surface area contributed by atoms with Gasteiger partial charge in [-0.25, -0.2) is 0 Å². The van der Waals surface area contributed by atoms with Crippen LogP contribution < -0.4 is 5.32 Å². The van der Waals surface area contributed by atoms with Crippen LogP contribution in [0.3, 0.4) is 0 Å². The van der Waals surface area contributed by atoms with Gasteiger partial charge < -0.3 is 19.5 Å². The number of hydrogen-bond acceptors (Lipinski definition) is 5. The first-order valence-electron chi connectivity index (χ1n) is 5.93. The van der Waals surface area contributed by atoms with Gasteiger partial charge in [-0.1, -0.05) is 0 Å². The van der Waals surface area contributed by atoms with Crippen LogP contribution in [0.2, 0.25) is 0 Å². The zero-order chi connectivity index (χ0) is 13.3. The third kappa shape index (κ3) is 7.31. The van der Waals surface area contributed by atoms with E-state index in [2.05, 4.69) is 5.32 Å². The average molecular weight is 247 g/mol. The van der Waals surface area contributed by atoms with Crippen LogP contribution in [0.1, 0.15) is 27.2 Å². The molecule has 0 bridgehead atoms. The Hall–Kier alpha value is -0.650. The fraction of sp³-hybridized carbons (Fsp3) is 0.917. The van der Waals surface area contributed by atoms with Crippen molar-refractivity contribution in [1.82, 2.24) is 5.32 Å².